The molecule has 0 aromatic heterocycles. The molecule has 2 heteroatoms. The van der Waals surface area contributed by atoms with Crippen LogP contribution in [-0.4, -0.2) is 6.61 Å². The molecule has 0 amide bonds. The number of halogens is 1. The lowest BCUT2D eigenvalue weighted by Crippen LogP contribution is -1.91. The molecular formula is C12H15ClO. The number of benzene rings is 1. The molecule has 0 aliphatic rings. The first-order chi connectivity index (χ1) is 6.72. The van der Waals surface area contributed by atoms with E-state index in [1.807, 2.05) is 19.1 Å². The molecule has 0 heterocycles. The summed E-state index contributed by atoms with van der Waals surface area (Å²) >= 11 is 5.69. The van der Waals surface area contributed by atoms with E-state index in [9.17, 15) is 0 Å². The summed E-state index contributed by atoms with van der Waals surface area (Å²) in [5.41, 5.74) is 1.26. The van der Waals surface area contributed by atoms with Crippen molar-refractivity contribution in [2.75, 3.05) is 6.61 Å². The zero-order valence-electron chi connectivity index (χ0n) is 8.42. The molecule has 0 atom stereocenters. The second kappa shape index (κ2) is 5.71. The summed E-state index contributed by atoms with van der Waals surface area (Å²) in [5, 5.41) is 0.707. The highest BCUT2D eigenvalue weighted by Gasteiger charge is 1.95. The first kappa shape index (κ1) is 11.1. The molecule has 1 rings (SSSR count). The van der Waals surface area contributed by atoms with E-state index in [-0.39, 0.29) is 0 Å². The molecule has 0 aliphatic carbocycles. The Kier molecular flexibility index (Phi) is 4.54. The zero-order valence-corrected chi connectivity index (χ0v) is 9.18. The molecule has 0 saturated heterocycles. The van der Waals surface area contributed by atoms with Gasteiger partial charge in [-0.3, -0.25) is 0 Å². The largest absolute Gasteiger partial charge is 0.494 e. The highest BCUT2D eigenvalue weighted by Crippen LogP contribution is 2.15. The fourth-order valence-electron chi connectivity index (χ4n) is 1.20. The van der Waals surface area contributed by atoms with E-state index in [4.69, 9.17) is 16.3 Å². The zero-order chi connectivity index (χ0) is 10.4. The van der Waals surface area contributed by atoms with Crippen LogP contribution in [0.15, 0.2) is 35.9 Å². The third-order valence-corrected chi connectivity index (χ3v) is 2.11. The van der Waals surface area contributed by atoms with Crippen LogP contribution < -0.4 is 4.74 Å². The summed E-state index contributed by atoms with van der Waals surface area (Å²) < 4.78 is 5.34. The summed E-state index contributed by atoms with van der Waals surface area (Å²) in [6.07, 6.45) is 1.77. The van der Waals surface area contributed by atoms with Crippen LogP contribution in [0.3, 0.4) is 0 Å². The van der Waals surface area contributed by atoms with Crippen molar-refractivity contribution in [1.82, 2.24) is 0 Å². The van der Waals surface area contributed by atoms with Crippen LogP contribution in [0.4, 0.5) is 0 Å². The monoisotopic (exact) mass is 210 g/mol. The summed E-state index contributed by atoms with van der Waals surface area (Å²) in [6, 6.07) is 8.08. The molecule has 14 heavy (non-hydrogen) atoms. The van der Waals surface area contributed by atoms with Crippen LogP contribution in [0.1, 0.15) is 18.9 Å². The summed E-state index contributed by atoms with van der Waals surface area (Å²) in [5.74, 6) is 0.918. The van der Waals surface area contributed by atoms with Crippen molar-refractivity contribution < 1.29 is 4.74 Å². The van der Waals surface area contributed by atoms with Crippen molar-refractivity contribution >= 4 is 11.6 Å². The fourth-order valence-corrected chi connectivity index (χ4v) is 1.29. The lowest BCUT2D eigenvalue weighted by Gasteiger charge is -2.04. The van der Waals surface area contributed by atoms with Crippen molar-refractivity contribution in [3.8, 4) is 5.75 Å². The lowest BCUT2D eigenvalue weighted by atomic mass is 10.1. The molecule has 0 fully saturated rings. The average molecular weight is 211 g/mol. The highest BCUT2D eigenvalue weighted by atomic mass is 35.5. The van der Waals surface area contributed by atoms with Crippen molar-refractivity contribution in [1.29, 1.82) is 0 Å². The second-order valence-electron chi connectivity index (χ2n) is 3.09. The van der Waals surface area contributed by atoms with E-state index in [0.29, 0.717) is 11.6 Å². The number of rotatable bonds is 5. The quantitative estimate of drug-likeness (QED) is 0.719. The van der Waals surface area contributed by atoms with Crippen LogP contribution in [0, 0.1) is 0 Å². The molecule has 1 aromatic carbocycles. The minimum atomic E-state index is 0.706. The Hall–Kier alpha value is -0.950. The Morgan fingerprint density at radius 3 is 2.50 bits per heavy atom. The van der Waals surface area contributed by atoms with E-state index in [2.05, 4.69) is 18.7 Å². The van der Waals surface area contributed by atoms with Gasteiger partial charge in [-0.1, -0.05) is 30.3 Å². The van der Waals surface area contributed by atoms with Gasteiger partial charge in [0, 0.05) is 5.03 Å². The molecule has 76 valence electrons. The van der Waals surface area contributed by atoms with Gasteiger partial charge >= 0.3 is 0 Å². The summed E-state index contributed by atoms with van der Waals surface area (Å²) in [6.45, 7) is 6.34. The van der Waals surface area contributed by atoms with Gasteiger partial charge in [0.1, 0.15) is 5.75 Å². The predicted octanol–water partition coefficient (Wildman–Crippen LogP) is 3.77. The maximum absolute atomic E-state index is 5.69. The number of aryl methyl sites for hydroxylation is 1. The smallest absolute Gasteiger partial charge is 0.119 e. The maximum atomic E-state index is 5.69. The van der Waals surface area contributed by atoms with Crippen molar-refractivity contribution in [2.45, 2.75) is 19.8 Å². The Labute approximate surface area is 90.3 Å². The van der Waals surface area contributed by atoms with Crippen LogP contribution in [0.25, 0.3) is 0 Å². The van der Waals surface area contributed by atoms with Gasteiger partial charge in [-0.15, -0.1) is 0 Å². The van der Waals surface area contributed by atoms with E-state index in [1.54, 1.807) is 0 Å². The molecule has 0 unspecified atom stereocenters. The van der Waals surface area contributed by atoms with E-state index in [1.165, 1.54) is 5.56 Å². The van der Waals surface area contributed by atoms with Crippen LogP contribution >= 0.6 is 11.6 Å². The third-order valence-electron chi connectivity index (χ3n) is 1.92. The second-order valence-corrected chi connectivity index (χ2v) is 3.63. The Morgan fingerprint density at radius 2 is 2.00 bits per heavy atom. The summed E-state index contributed by atoms with van der Waals surface area (Å²) in [4.78, 5) is 0. The third kappa shape index (κ3) is 3.84. The van der Waals surface area contributed by atoms with Gasteiger partial charge in [-0.05, 0) is 37.5 Å². The van der Waals surface area contributed by atoms with Crippen LogP contribution in [0.5, 0.6) is 5.75 Å². The molecule has 0 radical (unpaired) electrons. The van der Waals surface area contributed by atoms with Gasteiger partial charge < -0.3 is 4.74 Å². The Bertz CT molecular complexity index is 290. The minimum Gasteiger partial charge on any atom is -0.494 e. The molecule has 0 N–H and O–H groups in total. The van der Waals surface area contributed by atoms with E-state index in [0.717, 1.165) is 18.6 Å². The Morgan fingerprint density at radius 1 is 1.36 bits per heavy atom. The molecule has 0 aliphatic heterocycles. The topological polar surface area (TPSA) is 9.23 Å². The maximum Gasteiger partial charge on any atom is 0.119 e. The van der Waals surface area contributed by atoms with Crippen LogP contribution in [-0.2, 0) is 6.42 Å². The number of ether oxygens (including phenoxy) is 1. The average Bonchev–Trinajstić information content (AvgIpc) is 2.17. The van der Waals surface area contributed by atoms with Gasteiger partial charge in [-0.25, -0.2) is 0 Å². The standard InChI is InChI=1S/C12H15ClO/c1-3-14-12-8-6-11(7-9-12)5-4-10(2)13/h6-9H,2-5H2,1H3. The minimum absolute atomic E-state index is 0.706. The normalized spacial score (nSPS) is 9.86. The molecule has 1 nitrogen and oxygen atoms in total. The van der Waals surface area contributed by atoms with Gasteiger partial charge in [0.2, 0.25) is 0 Å². The van der Waals surface area contributed by atoms with Crippen LogP contribution in [0.2, 0.25) is 0 Å². The summed E-state index contributed by atoms with van der Waals surface area (Å²) in [7, 11) is 0. The van der Waals surface area contributed by atoms with E-state index < -0.39 is 0 Å². The SMILES string of the molecule is C=C(Cl)CCc1ccc(OCC)cc1. The van der Waals surface area contributed by atoms with Gasteiger partial charge in [0.15, 0.2) is 0 Å². The number of hydrogen-bond donors (Lipinski definition) is 0. The first-order valence-corrected chi connectivity index (χ1v) is 5.15. The molecule has 0 bridgehead atoms. The van der Waals surface area contributed by atoms with Gasteiger partial charge in [0.25, 0.3) is 0 Å². The van der Waals surface area contributed by atoms with Gasteiger partial charge in [0.05, 0.1) is 6.61 Å². The van der Waals surface area contributed by atoms with Crippen molar-refractivity contribution in [3.63, 3.8) is 0 Å². The fraction of sp³-hybridized carbons (Fsp3) is 0.333. The highest BCUT2D eigenvalue weighted by molar-refractivity contribution is 6.29. The molecule has 0 saturated carbocycles. The molecule has 0 spiro atoms. The number of hydrogen-bond acceptors (Lipinski definition) is 1. The van der Waals surface area contributed by atoms with Crippen molar-refractivity contribution in [2.24, 2.45) is 0 Å². The van der Waals surface area contributed by atoms with Gasteiger partial charge in [-0.2, -0.15) is 0 Å². The molecular weight excluding hydrogens is 196 g/mol. The molecule has 1 aromatic rings. The van der Waals surface area contributed by atoms with Crippen molar-refractivity contribution in [3.05, 3.63) is 41.4 Å². The van der Waals surface area contributed by atoms with E-state index >= 15 is 0 Å². The predicted molar refractivity (Wildman–Crippen MR) is 60.9 cm³/mol. The lowest BCUT2D eigenvalue weighted by molar-refractivity contribution is 0.340. The first-order valence-electron chi connectivity index (χ1n) is 4.77. The Balaban J connectivity index is 2.50. The number of allylic oxidation sites excluding steroid dienone is 1.